The number of ether oxygens (including phenoxy) is 1. The Morgan fingerprint density at radius 2 is 2.14 bits per heavy atom. The van der Waals surface area contributed by atoms with Crippen molar-refractivity contribution in [3.63, 3.8) is 0 Å². The number of hydrogen-bond donors (Lipinski definition) is 1. The van der Waals surface area contributed by atoms with Crippen molar-refractivity contribution in [1.29, 1.82) is 0 Å². The molecule has 0 amide bonds. The largest absolute Gasteiger partial charge is 0.493 e. The number of likely N-dealkylation sites (N-methyl/N-ethyl adjacent to an activating group) is 3. The van der Waals surface area contributed by atoms with Crippen molar-refractivity contribution in [1.82, 2.24) is 15.1 Å². The third-order valence-electron chi connectivity index (χ3n) is 4.89. The van der Waals surface area contributed by atoms with Gasteiger partial charge in [-0.15, -0.1) is 0 Å². The minimum atomic E-state index is 0.309. The molecule has 2 aliphatic rings. The zero-order chi connectivity index (χ0) is 14.8. The average molecular weight is 289 g/mol. The molecule has 1 N–H and O–H groups in total. The summed E-state index contributed by atoms with van der Waals surface area (Å²) >= 11 is 0. The summed E-state index contributed by atoms with van der Waals surface area (Å²) in [5, 5.41) is 3.55. The predicted molar refractivity (Wildman–Crippen MR) is 86.0 cm³/mol. The first kappa shape index (κ1) is 14.8. The zero-order valence-corrected chi connectivity index (χ0v) is 13.4. The molecule has 0 spiro atoms. The summed E-state index contributed by atoms with van der Waals surface area (Å²) in [6, 6.07) is 7.38. The maximum atomic E-state index is 5.92. The normalized spacial score (nSPS) is 25.2. The molecule has 2 heterocycles. The monoisotopic (exact) mass is 289 g/mol. The van der Waals surface area contributed by atoms with Gasteiger partial charge in [0.1, 0.15) is 5.75 Å². The van der Waals surface area contributed by atoms with Crippen LogP contribution in [0.1, 0.15) is 23.6 Å². The van der Waals surface area contributed by atoms with Gasteiger partial charge < -0.3 is 19.9 Å². The van der Waals surface area contributed by atoms with E-state index in [1.54, 1.807) is 0 Å². The van der Waals surface area contributed by atoms with Crippen molar-refractivity contribution in [2.75, 3.05) is 47.4 Å². The fourth-order valence-corrected chi connectivity index (χ4v) is 3.71. The van der Waals surface area contributed by atoms with E-state index in [2.05, 4.69) is 54.5 Å². The first-order chi connectivity index (χ1) is 10.2. The first-order valence-corrected chi connectivity index (χ1v) is 8.01. The molecule has 21 heavy (non-hydrogen) atoms. The van der Waals surface area contributed by atoms with E-state index >= 15 is 0 Å². The van der Waals surface area contributed by atoms with Gasteiger partial charge in [-0.3, -0.25) is 0 Å². The molecule has 116 valence electrons. The fraction of sp³-hybridized carbons (Fsp3) is 0.647. The molecule has 4 nitrogen and oxygen atoms in total. The molecule has 0 aliphatic carbocycles. The molecule has 1 aromatic rings. The van der Waals surface area contributed by atoms with E-state index in [0.29, 0.717) is 12.1 Å². The molecular formula is C17H27N3O. The van der Waals surface area contributed by atoms with Crippen molar-refractivity contribution >= 4 is 0 Å². The van der Waals surface area contributed by atoms with Gasteiger partial charge in [0.25, 0.3) is 0 Å². The van der Waals surface area contributed by atoms with Crippen LogP contribution in [0.15, 0.2) is 18.2 Å². The smallest absolute Gasteiger partial charge is 0.127 e. The van der Waals surface area contributed by atoms with Crippen LogP contribution >= 0.6 is 0 Å². The van der Waals surface area contributed by atoms with Gasteiger partial charge in [0, 0.05) is 24.6 Å². The minimum absolute atomic E-state index is 0.309. The molecule has 0 radical (unpaired) electrons. The predicted octanol–water partition coefficient (Wildman–Crippen LogP) is 1.52. The van der Waals surface area contributed by atoms with Crippen molar-refractivity contribution in [3.05, 3.63) is 29.3 Å². The summed E-state index contributed by atoms with van der Waals surface area (Å²) in [4.78, 5) is 4.95. The van der Waals surface area contributed by atoms with Crippen LogP contribution in [0, 0.1) is 0 Å². The lowest BCUT2D eigenvalue weighted by atomic mass is 9.95. The molecule has 1 saturated heterocycles. The van der Waals surface area contributed by atoms with Crippen molar-refractivity contribution in [2.45, 2.75) is 24.9 Å². The average Bonchev–Trinajstić information content (AvgIpc) is 2.89. The van der Waals surface area contributed by atoms with Crippen LogP contribution in [0.5, 0.6) is 5.75 Å². The van der Waals surface area contributed by atoms with E-state index in [1.165, 1.54) is 24.1 Å². The van der Waals surface area contributed by atoms with Crippen LogP contribution in [0.4, 0.5) is 0 Å². The van der Waals surface area contributed by atoms with Crippen LogP contribution < -0.4 is 10.1 Å². The molecule has 1 fully saturated rings. The van der Waals surface area contributed by atoms with E-state index in [9.17, 15) is 0 Å². The summed E-state index contributed by atoms with van der Waals surface area (Å²) in [6.45, 7) is 4.25. The number of para-hydroxylation sites is 1. The standard InChI is InChI=1S/C17H27N3O/c1-18-16(15-12-19(2)9-5-10-20(15)3)14-7-4-6-13-8-11-21-17(13)14/h4,6-7,15-16,18H,5,8-12H2,1-3H3. The van der Waals surface area contributed by atoms with Gasteiger partial charge in [0.15, 0.2) is 0 Å². The second-order valence-electron chi connectivity index (χ2n) is 6.36. The molecule has 0 saturated carbocycles. The van der Waals surface area contributed by atoms with Crippen LogP contribution in [-0.4, -0.2) is 63.2 Å². The van der Waals surface area contributed by atoms with E-state index < -0.39 is 0 Å². The number of fused-ring (bicyclic) bond motifs is 1. The Hall–Kier alpha value is -1.10. The molecule has 0 bridgehead atoms. The summed E-state index contributed by atoms with van der Waals surface area (Å²) in [7, 11) is 6.54. The highest BCUT2D eigenvalue weighted by molar-refractivity contribution is 5.46. The van der Waals surface area contributed by atoms with E-state index in [1.807, 2.05) is 0 Å². The SMILES string of the molecule is CNC(c1cccc2c1OCC2)C1CN(C)CCCN1C. The Morgan fingerprint density at radius 1 is 1.29 bits per heavy atom. The maximum absolute atomic E-state index is 5.92. The highest BCUT2D eigenvalue weighted by Crippen LogP contribution is 2.36. The molecule has 1 aromatic carbocycles. The number of nitrogens with zero attached hydrogens (tertiary/aromatic N) is 2. The summed E-state index contributed by atoms with van der Waals surface area (Å²) < 4.78 is 5.92. The Balaban J connectivity index is 1.92. The molecule has 2 unspecified atom stereocenters. The van der Waals surface area contributed by atoms with Gasteiger partial charge in [-0.05, 0) is 46.2 Å². The van der Waals surface area contributed by atoms with Gasteiger partial charge in [-0.1, -0.05) is 18.2 Å². The highest BCUT2D eigenvalue weighted by Gasteiger charge is 2.31. The molecule has 0 aromatic heterocycles. The van der Waals surface area contributed by atoms with Crippen LogP contribution in [0.3, 0.4) is 0 Å². The summed E-state index contributed by atoms with van der Waals surface area (Å²) in [5.74, 6) is 1.12. The first-order valence-electron chi connectivity index (χ1n) is 8.01. The Kier molecular flexibility index (Phi) is 4.48. The fourth-order valence-electron chi connectivity index (χ4n) is 3.71. The van der Waals surface area contributed by atoms with E-state index in [0.717, 1.165) is 31.9 Å². The second-order valence-corrected chi connectivity index (χ2v) is 6.36. The zero-order valence-electron chi connectivity index (χ0n) is 13.4. The number of hydrogen-bond acceptors (Lipinski definition) is 4. The van der Waals surface area contributed by atoms with Gasteiger partial charge in [-0.25, -0.2) is 0 Å². The van der Waals surface area contributed by atoms with Crippen molar-refractivity contribution in [3.8, 4) is 5.75 Å². The highest BCUT2D eigenvalue weighted by atomic mass is 16.5. The number of rotatable bonds is 3. The minimum Gasteiger partial charge on any atom is -0.493 e. The Labute approximate surface area is 128 Å². The number of nitrogens with one attached hydrogen (secondary N) is 1. The number of benzene rings is 1. The Bertz CT molecular complexity index is 491. The maximum Gasteiger partial charge on any atom is 0.127 e. The van der Waals surface area contributed by atoms with Crippen molar-refractivity contribution in [2.24, 2.45) is 0 Å². The molecule has 3 rings (SSSR count). The lowest BCUT2D eigenvalue weighted by Crippen LogP contribution is -2.46. The van der Waals surface area contributed by atoms with Gasteiger partial charge >= 0.3 is 0 Å². The quantitative estimate of drug-likeness (QED) is 0.913. The van der Waals surface area contributed by atoms with Crippen LogP contribution in [0.2, 0.25) is 0 Å². The van der Waals surface area contributed by atoms with E-state index in [-0.39, 0.29) is 0 Å². The topological polar surface area (TPSA) is 27.7 Å². The van der Waals surface area contributed by atoms with Crippen LogP contribution in [0.25, 0.3) is 0 Å². The lowest BCUT2D eigenvalue weighted by Gasteiger charge is -2.35. The summed E-state index contributed by atoms with van der Waals surface area (Å²) in [5.41, 5.74) is 2.68. The molecular weight excluding hydrogens is 262 g/mol. The molecule has 4 heteroatoms. The van der Waals surface area contributed by atoms with Gasteiger partial charge in [0.2, 0.25) is 0 Å². The van der Waals surface area contributed by atoms with Crippen molar-refractivity contribution < 1.29 is 4.74 Å². The molecule has 2 atom stereocenters. The molecule has 2 aliphatic heterocycles. The Morgan fingerprint density at radius 3 is 2.95 bits per heavy atom. The summed E-state index contributed by atoms with van der Waals surface area (Å²) in [6.07, 6.45) is 2.28. The third-order valence-corrected chi connectivity index (χ3v) is 4.89. The third kappa shape index (κ3) is 2.93. The lowest BCUT2D eigenvalue weighted by molar-refractivity contribution is 0.180. The van der Waals surface area contributed by atoms with Gasteiger partial charge in [-0.2, -0.15) is 0 Å². The van der Waals surface area contributed by atoms with E-state index in [4.69, 9.17) is 4.74 Å². The van der Waals surface area contributed by atoms with Gasteiger partial charge in [0.05, 0.1) is 12.6 Å². The van der Waals surface area contributed by atoms with Crippen LogP contribution in [-0.2, 0) is 6.42 Å². The second kappa shape index (κ2) is 6.34.